The third-order valence-electron chi connectivity index (χ3n) is 4.53. The molecule has 3 saturated heterocycles. The Bertz CT molecular complexity index is 458. The Morgan fingerprint density at radius 3 is 2.80 bits per heavy atom. The summed E-state index contributed by atoms with van der Waals surface area (Å²) in [6.07, 6.45) is 2.68. The molecule has 20 heavy (non-hydrogen) atoms. The Kier molecular flexibility index (Phi) is 4.49. The molecular formula is C16H23ClN2O. The van der Waals surface area contributed by atoms with Crippen molar-refractivity contribution in [3.63, 3.8) is 0 Å². The van der Waals surface area contributed by atoms with E-state index in [1.807, 2.05) is 25.1 Å². The van der Waals surface area contributed by atoms with E-state index in [0.29, 0.717) is 12.6 Å². The van der Waals surface area contributed by atoms with Crippen molar-refractivity contribution in [3.8, 4) is 5.75 Å². The summed E-state index contributed by atoms with van der Waals surface area (Å²) in [5.41, 5.74) is 1.16. The van der Waals surface area contributed by atoms with E-state index >= 15 is 0 Å². The molecule has 0 aliphatic carbocycles. The van der Waals surface area contributed by atoms with Crippen molar-refractivity contribution in [1.29, 1.82) is 0 Å². The van der Waals surface area contributed by atoms with Gasteiger partial charge in [-0.05, 0) is 57.0 Å². The zero-order valence-corrected chi connectivity index (χ0v) is 12.8. The maximum atomic E-state index is 6.11. The normalized spacial score (nSPS) is 28.6. The molecule has 0 aromatic heterocycles. The van der Waals surface area contributed by atoms with Gasteiger partial charge in [0, 0.05) is 29.7 Å². The number of rotatable bonds is 5. The van der Waals surface area contributed by atoms with Gasteiger partial charge in [0.05, 0.1) is 6.61 Å². The number of piperidine rings is 3. The molecule has 4 heteroatoms. The number of nitrogens with zero attached hydrogens (tertiary/aromatic N) is 1. The average molecular weight is 295 g/mol. The monoisotopic (exact) mass is 294 g/mol. The summed E-state index contributed by atoms with van der Waals surface area (Å²) < 4.78 is 5.68. The molecule has 3 heterocycles. The van der Waals surface area contributed by atoms with Crippen LogP contribution in [0.2, 0.25) is 5.02 Å². The molecule has 0 saturated carbocycles. The molecule has 1 atom stereocenters. The molecular weight excluding hydrogens is 272 g/mol. The predicted octanol–water partition coefficient (Wildman–Crippen LogP) is 2.92. The Morgan fingerprint density at radius 2 is 2.15 bits per heavy atom. The first-order valence-corrected chi connectivity index (χ1v) is 8.01. The van der Waals surface area contributed by atoms with Crippen molar-refractivity contribution >= 4 is 11.6 Å². The van der Waals surface area contributed by atoms with Crippen LogP contribution in [0.25, 0.3) is 0 Å². The van der Waals surface area contributed by atoms with Crippen molar-refractivity contribution in [3.05, 3.63) is 28.8 Å². The Balaban J connectivity index is 1.64. The van der Waals surface area contributed by atoms with Gasteiger partial charge in [0.25, 0.3) is 0 Å². The molecule has 3 aliphatic heterocycles. The van der Waals surface area contributed by atoms with E-state index in [1.165, 1.54) is 32.5 Å². The fraction of sp³-hybridized carbons (Fsp3) is 0.625. The maximum Gasteiger partial charge on any atom is 0.123 e. The van der Waals surface area contributed by atoms with Crippen LogP contribution in [0, 0.1) is 5.92 Å². The van der Waals surface area contributed by atoms with Crippen LogP contribution < -0.4 is 10.1 Å². The number of hydrogen-bond acceptors (Lipinski definition) is 3. The minimum Gasteiger partial charge on any atom is -0.494 e. The predicted molar refractivity (Wildman–Crippen MR) is 82.4 cm³/mol. The molecule has 1 aromatic carbocycles. The van der Waals surface area contributed by atoms with E-state index < -0.39 is 0 Å². The number of hydrogen-bond donors (Lipinski definition) is 1. The first kappa shape index (κ1) is 14.2. The number of nitrogens with one attached hydrogen (secondary N) is 1. The minimum absolute atomic E-state index is 0.617. The molecule has 0 amide bonds. The van der Waals surface area contributed by atoms with Gasteiger partial charge in [-0.2, -0.15) is 0 Å². The molecule has 0 spiro atoms. The van der Waals surface area contributed by atoms with Crippen molar-refractivity contribution < 1.29 is 4.74 Å². The van der Waals surface area contributed by atoms with Crippen LogP contribution in [0.4, 0.5) is 0 Å². The van der Waals surface area contributed by atoms with Crippen LogP contribution in [0.5, 0.6) is 5.75 Å². The standard InChI is InChI=1S/C16H23ClN2O/c1-2-20-16-4-3-14(17)9-13(16)10-18-15-11-19-7-5-12(15)6-8-19/h3-4,9,12,15,18H,2,5-8,10-11H2,1H3/t15-/m1/s1. The van der Waals surface area contributed by atoms with Gasteiger partial charge in [0.1, 0.15) is 5.75 Å². The van der Waals surface area contributed by atoms with E-state index in [9.17, 15) is 0 Å². The number of ether oxygens (including phenoxy) is 1. The van der Waals surface area contributed by atoms with Crippen LogP contribution in [0.15, 0.2) is 18.2 Å². The van der Waals surface area contributed by atoms with Gasteiger partial charge in [0.2, 0.25) is 0 Å². The molecule has 3 nitrogen and oxygen atoms in total. The lowest BCUT2D eigenvalue weighted by Gasteiger charge is -2.45. The quantitative estimate of drug-likeness (QED) is 0.904. The molecule has 1 N–H and O–H groups in total. The van der Waals surface area contributed by atoms with E-state index in [1.54, 1.807) is 0 Å². The minimum atomic E-state index is 0.617. The van der Waals surface area contributed by atoms with Crippen molar-refractivity contribution in [2.75, 3.05) is 26.2 Å². The highest BCUT2D eigenvalue weighted by molar-refractivity contribution is 6.30. The summed E-state index contributed by atoms with van der Waals surface area (Å²) in [5.74, 6) is 1.79. The smallest absolute Gasteiger partial charge is 0.123 e. The molecule has 1 aromatic rings. The van der Waals surface area contributed by atoms with Gasteiger partial charge in [-0.25, -0.2) is 0 Å². The van der Waals surface area contributed by atoms with Crippen LogP contribution in [0.1, 0.15) is 25.3 Å². The zero-order chi connectivity index (χ0) is 13.9. The highest BCUT2D eigenvalue weighted by Crippen LogP contribution is 2.28. The van der Waals surface area contributed by atoms with Crippen molar-refractivity contribution in [1.82, 2.24) is 10.2 Å². The second-order valence-corrected chi connectivity index (χ2v) is 6.25. The molecule has 0 radical (unpaired) electrons. The van der Waals surface area contributed by atoms with Gasteiger partial charge in [-0.15, -0.1) is 0 Å². The molecule has 3 fully saturated rings. The van der Waals surface area contributed by atoms with Crippen LogP contribution in [-0.2, 0) is 6.54 Å². The summed E-state index contributed by atoms with van der Waals surface area (Å²) in [6, 6.07) is 6.50. The third kappa shape index (κ3) is 3.11. The summed E-state index contributed by atoms with van der Waals surface area (Å²) >= 11 is 6.11. The van der Waals surface area contributed by atoms with Crippen LogP contribution >= 0.6 is 11.6 Å². The topological polar surface area (TPSA) is 24.5 Å². The lowest BCUT2D eigenvalue weighted by Crippen LogP contribution is -2.55. The lowest BCUT2D eigenvalue weighted by molar-refractivity contribution is 0.0719. The lowest BCUT2D eigenvalue weighted by atomic mass is 9.84. The number of benzene rings is 1. The average Bonchev–Trinajstić information content (AvgIpc) is 2.49. The fourth-order valence-electron chi connectivity index (χ4n) is 3.42. The third-order valence-corrected chi connectivity index (χ3v) is 4.77. The van der Waals surface area contributed by atoms with Crippen LogP contribution in [-0.4, -0.2) is 37.2 Å². The largest absolute Gasteiger partial charge is 0.494 e. The maximum absolute atomic E-state index is 6.11. The second kappa shape index (κ2) is 6.33. The zero-order valence-electron chi connectivity index (χ0n) is 12.1. The van der Waals surface area contributed by atoms with Gasteiger partial charge in [-0.1, -0.05) is 11.6 Å². The Hall–Kier alpha value is -0.770. The van der Waals surface area contributed by atoms with Crippen LogP contribution in [0.3, 0.4) is 0 Å². The number of fused-ring (bicyclic) bond motifs is 3. The SMILES string of the molecule is CCOc1ccc(Cl)cc1CN[C@@H]1CN2CCC1CC2. The van der Waals surface area contributed by atoms with Gasteiger partial charge >= 0.3 is 0 Å². The van der Waals surface area contributed by atoms with E-state index in [4.69, 9.17) is 16.3 Å². The molecule has 3 aliphatic rings. The summed E-state index contributed by atoms with van der Waals surface area (Å²) in [4.78, 5) is 2.57. The van der Waals surface area contributed by atoms with E-state index in [-0.39, 0.29) is 0 Å². The Morgan fingerprint density at radius 1 is 1.35 bits per heavy atom. The first-order valence-electron chi connectivity index (χ1n) is 7.63. The van der Waals surface area contributed by atoms with E-state index in [2.05, 4.69) is 10.2 Å². The summed E-state index contributed by atoms with van der Waals surface area (Å²) in [6.45, 7) is 7.29. The molecule has 0 unspecified atom stereocenters. The van der Waals surface area contributed by atoms with Gasteiger partial charge in [-0.3, -0.25) is 0 Å². The highest BCUT2D eigenvalue weighted by Gasteiger charge is 2.33. The summed E-state index contributed by atoms with van der Waals surface area (Å²) in [5, 5.41) is 4.49. The van der Waals surface area contributed by atoms with Crippen molar-refractivity contribution in [2.45, 2.75) is 32.4 Å². The summed E-state index contributed by atoms with van der Waals surface area (Å²) in [7, 11) is 0. The van der Waals surface area contributed by atoms with Gasteiger partial charge in [0.15, 0.2) is 0 Å². The van der Waals surface area contributed by atoms with Gasteiger partial charge < -0.3 is 15.0 Å². The first-order chi connectivity index (χ1) is 9.76. The van der Waals surface area contributed by atoms with E-state index in [0.717, 1.165) is 28.8 Å². The fourth-order valence-corrected chi connectivity index (χ4v) is 3.61. The highest BCUT2D eigenvalue weighted by atomic mass is 35.5. The number of halogens is 1. The molecule has 4 rings (SSSR count). The Labute approximate surface area is 126 Å². The van der Waals surface area contributed by atoms with Crippen molar-refractivity contribution in [2.24, 2.45) is 5.92 Å². The molecule has 2 bridgehead atoms. The second-order valence-electron chi connectivity index (χ2n) is 5.81. The molecule has 110 valence electrons.